The van der Waals surface area contributed by atoms with Crippen molar-refractivity contribution in [3.05, 3.63) is 84.6 Å². The molecule has 1 aliphatic heterocycles. The fourth-order valence-electron chi connectivity index (χ4n) is 4.15. The van der Waals surface area contributed by atoms with Crippen LogP contribution in [0.25, 0.3) is 33.8 Å². The molecule has 6 rings (SSSR count). The molecule has 8 nitrogen and oxygen atoms in total. The number of anilines is 1. The van der Waals surface area contributed by atoms with Crippen molar-refractivity contribution in [1.82, 2.24) is 20.2 Å². The second kappa shape index (κ2) is 9.62. The van der Waals surface area contributed by atoms with Crippen LogP contribution in [0.4, 0.5) is 18.9 Å². The number of carbonyl (C=O) groups excluding carboxylic acids is 2. The number of hydrogen-bond donors (Lipinski definition) is 0. The van der Waals surface area contributed by atoms with Crippen LogP contribution in [0.15, 0.2) is 88.6 Å². The number of para-hydroxylation sites is 2. The molecule has 39 heavy (non-hydrogen) atoms. The molecule has 0 aliphatic carbocycles. The number of benzene rings is 3. The first-order valence-electron chi connectivity index (χ1n) is 11.6. The highest BCUT2D eigenvalue weighted by Gasteiger charge is 2.41. The fourth-order valence-corrected chi connectivity index (χ4v) is 5.08. The molecule has 0 spiro atoms. The largest absolute Gasteiger partial charge is 0.436 e. The van der Waals surface area contributed by atoms with Gasteiger partial charge in [-0.2, -0.15) is 18.3 Å². The first kappa shape index (κ1) is 24.7. The van der Waals surface area contributed by atoms with Crippen molar-refractivity contribution in [2.45, 2.75) is 23.0 Å². The molecule has 1 aliphatic rings. The summed E-state index contributed by atoms with van der Waals surface area (Å²) in [6.07, 6.45) is -3.20. The third kappa shape index (κ3) is 4.86. The molecule has 12 heteroatoms. The van der Waals surface area contributed by atoms with Crippen molar-refractivity contribution in [3.63, 3.8) is 0 Å². The lowest BCUT2D eigenvalue weighted by Gasteiger charge is -2.15. The van der Waals surface area contributed by atoms with E-state index in [1.165, 1.54) is 18.3 Å². The molecule has 3 heterocycles. The normalized spacial score (nSPS) is 15.9. The summed E-state index contributed by atoms with van der Waals surface area (Å²) in [4.78, 5) is 35.8. The van der Waals surface area contributed by atoms with Gasteiger partial charge in [0.15, 0.2) is 5.58 Å². The standard InChI is InChI=1S/C27H16F3N5O3S/c28-27(29,30)17-9-5-15(6-10-17)20-14-31-34-26(33-20)39-22-13-23(36)35(25(22)37)18-11-7-16(8-12-18)24-32-19-3-1-2-4-21(19)38-24/h1-12,14,22H,13H2. The van der Waals surface area contributed by atoms with E-state index in [0.29, 0.717) is 34.0 Å². The van der Waals surface area contributed by atoms with Gasteiger partial charge < -0.3 is 4.42 Å². The minimum atomic E-state index is -4.45. The molecule has 0 bridgehead atoms. The molecule has 0 radical (unpaired) electrons. The van der Waals surface area contributed by atoms with Gasteiger partial charge in [0.1, 0.15) is 10.8 Å². The van der Waals surface area contributed by atoms with Crippen LogP contribution in [0.2, 0.25) is 0 Å². The van der Waals surface area contributed by atoms with E-state index >= 15 is 0 Å². The number of halogens is 3. The summed E-state index contributed by atoms with van der Waals surface area (Å²) in [6, 6.07) is 18.6. The predicted molar refractivity (Wildman–Crippen MR) is 136 cm³/mol. The number of fused-ring (bicyclic) bond motifs is 1. The average Bonchev–Trinajstić information content (AvgIpc) is 3.49. The molecule has 5 aromatic rings. The Kier molecular flexibility index (Phi) is 6.10. The molecule has 1 unspecified atom stereocenters. The van der Waals surface area contributed by atoms with Gasteiger partial charge in [0, 0.05) is 17.5 Å². The number of carbonyl (C=O) groups is 2. The minimum Gasteiger partial charge on any atom is -0.436 e. The maximum atomic E-state index is 13.2. The lowest BCUT2D eigenvalue weighted by Crippen LogP contribution is -2.31. The molecule has 1 atom stereocenters. The lowest BCUT2D eigenvalue weighted by molar-refractivity contribution is -0.137. The van der Waals surface area contributed by atoms with Crippen LogP contribution in [-0.4, -0.2) is 37.2 Å². The van der Waals surface area contributed by atoms with Gasteiger partial charge in [-0.15, -0.1) is 5.10 Å². The number of amides is 2. The van der Waals surface area contributed by atoms with Crippen LogP contribution >= 0.6 is 11.8 Å². The van der Waals surface area contributed by atoms with Crippen LogP contribution < -0.4 is 4.90 Å². The molecule has 1 saturated heterocycles. The van der Waals surface area contributed by atoms with Crippen LogP contribution in [0.1, 0.15) is 12.0 Å². The summed E-state index contributed by atoms with van der Waals surface area (Å²) in [5.41, 5.74) is 2.41. The minimum absolute atomic E-state index is 0.0652. The third-order valence-corrected chi connectivity index (χ3v) is 7.10. The van der Waals surface area contributed by atoms with Crippen molar-refractivity contribution in [2.24, 2.45) is 0 Å². The molecule has 2 amide bonds. The second-order valence-corrected chi connectivity index (χ2v) is 9.78. The zero-order chi connectivity index (χ0) is 27.1. The highest BCUT2D eigenvalue weighted by molar-refractivity contribution is 8.00. The van der Waals surface area contributed by atoms with Gasteiger partial charge in [0.2, 0.25) is 22.9 Å². The zero-order valence-electron chi connectivity index (χ0n) is 19.8. The van der Waals surface area contributed by atoms with Crippen molar-refractivity contribution in [2.75, 3.05) is 4.90 Å². The van der Waals surface area contributed by atoms with Gasteiger partial charge in [-0.05, 0) is 48.5 Å². The molecule has 2 aromatic heterocycles. The Bertz CT molecular complexity index is 1670. The summed E-state index contributed by atoms with van der Waals surface area (Å²) >= 11 is 0.978. The molecule has 0 N–H and O–H groups in total. The first-order valence-corrected chi connectivity index (χ1v) is 12.5. The molecular formula is C27H16F3N5O3S. The fraction of sp³-hybridized carbons (Fsp3) is 0.111. The van der Waals surface area contributed by atoms with Crippen molar-refractivity contribution >= 4 is 40.4 Å². The zero-order valence-corrected chi connectivity index (χ0v) is 20.6. The predicted octanol–water partition coefficient (Wildman–Crippen LogP) is 5.79. The van der Waals surface area contributed by atoms with Crippen molar-refractivity contribution in [3.8, 4) is 22.7 Å². The topological polar surface area (TPSA) is 102 Å². The van der Waals surface area contributed by atoms with Gasteiger partial charge in [0.05, 0.1) is 23.1 Å². The van der Waals surface area contributed by atoms with E-state index in [4.69, 9.17) is 4.42 Å². The average molecular weight is 548 g/mol. The Hall–Kier alpha value is -4.58. The SMILES string of the molecule is O=C1CC(Sc2nncc(-c3ccc(C(F)(F)F)cc3)n2)C(=O)N1c1ccc(-c2nc3ccccc3o2)cc1. The third-order valence-electron chi connectivity index (χ3n) is 6.07. The number of alkyl halides is 3. The van der Waals surface area contributed by atoms with Crippen molar-refractivity contribution in [1.29, 1.82) is 0 Å². The second-order valence-electron chi connectivity index (χ2n) is 8.61. The van der Waals surface area contributed by atoms with E-state index in [9.17, 15) is 22.8 Å². The van der Waals surface area contributed by atoms with E-state index in [1.54, 1.807) is 24.3 Å². The van der Waals surface area contributed by atoms with Gasteiger partial charge in [-0.1, -0.05) is 36.0 Å². The molecule has 194 valence electrons. The van der Waals surface area contributed by atoms with Gasteiger partial charge in [-0.3, -0.25) is 9.59 Å². The Balaban J connectivity index is 1.18. The van der Waals surface area contributed by atoms with Crippen molar-refractivity contribution < 1.29 is 27.2 Å². The van der Waals surface area contributed by atoms with E-state index in [-0.39, 0.29) is 17.5 Å². The number of thioether (sulfide) groups is 1. The highest BCUT2D eigenvalue weighted by Crippen LogP contribution is 2.35. The molecule has 0 saturated carbocycles. The lowest BCUT2D eigenvalue weighted by atomic mass is 10.1. The number of nitrogens with zero attached hydrogens (tertiary/aromatic N) is 5. The maximum absolute atomic E-state index is 13.2. The smallest absolute Gasteiger partial charge is 0.416 e. The number of aromatic nitrogens is 4. The van der Waals surface area contributed by atoms with Gasteiger partial charge in [0.25, 0.3) is 0 Å². The summed E-state index contributed by atoms with van der Waals surface area (Å²) in [6.45, 7) is 0. The van der Waals surface area contributed by atoms with Gasteiger partial charge >= 0.3 is 6.18 Å². The monoisotopic (exact) mass is 547 g/mol. The van der Waals surface area contributed by atoms with E-state index in [0.717, 1.165) is 34.3 Å². The van der Waals surface area contributed by atoms with Gasteiger partial charge in [-0.25, -0.2) is 14.9 Å². The summed E-state index contributed by atoms with van der Waals surface area (Å²) in [5, 5.41) is 7.15. The maximum Gasteiger partial charge on any atom is 0.416 e. The summed E-state index contributed by atoms with van der Waals surface area (Å²) in [7, 11) is 0. The molecule has 3 aromatic carbocycles. The van der Waals surface area contributed by atoms with Crippen LogP contribution in [0, 0.1) is 0 Å². The highest BCUT2D eigenvalue weighted by atomic mass is 32.2. The number of hydrogen-bond acceptors (Lipinski definition) is 8. The van der Waals surface area contributed by atoms with E-state index in [2.05, 4.69) is 20.2 Å². The summed E-state index contributed by atoms with van der Waals surface area (Å²) < 4.78 is 44.4. The summed E-state index contributed by atoms with van der Waals surface area (Å²) in [5.74, 6) is -0.380. The number of imide groups is 1. The molecule has 1 fully saturated rings. The van der Waals surface area contributed by atoms with Crippen LogP contribution in [0.3, 0.4) is 0 Å². The van der Waals surface area contributed by atoms with E-state index < -0.39 is 22.9 Å². The van der Waals surface area contributed by atoms with Crippen LogP contribution in [0.5, 0.6) is 0 Å². The first-order chi connectivity index (χ1) is 18.8. The van der Waals surface area contributed by atoms with E-state index in [1.807, 2.05) is 24.3 Å². The Labute approximate surface area is 222 Å². The number of rotatable bonds is 5. The molecular weight excluding hydrogens is 531 g/mol. The van der Waals surface area contributed by atoms with Crippen LogP contribution in [-0.2, 0) is 15.8 Å². The Morgan fingerprint density at radius 2 is 1.62 bits per heavy atom. The Morgan fingerprint density at radius 1 is 0.897 bits per heavy atom. The Morgan fingerprint density at radius 3 is 2.33 bits per heavy atom. The quantitative estimate of drug-likeness (QED) is 0.255. The number of oxazole rings is 1.